The zero-order valence-electron chi connectivity index (χ0n) is 19.4. The van der Waals surface area contributed by atoms with Gasteiger partial charge in [-0.3, -0.25) is 13.9 Å². The molecule has 1 N–H and O–H groups in total. The van der Waals surface area contributed by atoms with Crippen LogP contribution in [0.2, 0.25) is 0 Å². The molecule has 4 rings (SSSR count). The van der Waals surface area contributed by atoms with Gasteiger partial charge in [-0.1, -0.05) is 40.7 Å². The second-order valence-electron chi connectivity index (χ2n) is 10.8. The van der Waals surface area contributed by atoms with Crippen LogP contribution in [0.25, 0.3) is 16.7 Å². The van der Waals surface area contributed by atoms with Gasteiger partial charge in [0, 0.05) is 26.7 Å². The molecule has 0 saturated carbocycles. The Morgan fingerprint density at radius 2 is 1.97 bits per heavy atom. The molecule has 1 fully saturated rings. The summed E-state index contributed by atoms with van der Waals surface area (Å²) >= 11 is 0. The number of allylic oxidation sites excluding steroid dienone is 1. The summed E-state index contributed by atoms with van der Waals surface area (Å²) in [6.45, 7) is 12.1. The first-order valence-corrected chi connectivity index (χ1v) is 11.2. The number of carbonyl (C=O) groups is 1. The highest BCUT2D eigenvalue weighted by Crippen LogP contribution is 2.41. The molecule has 1 aliphatic heterocycles. The molecule has 1 amide bonds. The van der Waals surface area contributed by atoms with Gasteiger partial charge in [0.1, 0.15) is 6.10 Å². The zero-order chi connectivity index (χ0) is 22.7. The number of imidazole rings is 1. The summed E-state index contributed by atoms with van der Waals surface area (Å²) in [7, 11) is 1.78. The smallest absolute Gasteiger partial charge is 0.330 e. The van der Waals surface area contributed by atoms with Crippen LogP contribution in [0.5, 0.6) is 0 Å². The molecule has 3 unspecified atom stereocenters. The van der Waals surface area contributed by atoms with Crippen LogP contribution in [0.3, 0.4) is 0 Å². The maximum atomic E-state index is 12.8. The Labute approximate surface area is 183 Å². The van der Waals surface area contributed by atoms with Gasteiger partial charge in [0.05, 0.1) is 11.2 Å². The monoisotopic (exact) mass is 426 g/mol. The number of likely N-dealkylation sites (tertiary alicyclic amines) is 1. The lowest BCUT2D eigenvalue weighted by molar-refractivity contribution is -0.141. The van der Waals surface area contributed by atoms with Gasteiger partial charge < -0.3 is 10.0 Å². The van der Waals surface area contributed by atoms with Crippen molar-refractivity contribution in [1.29, 1.82) is 0 Å². The Balaban J connectivity index is 1.57. The van der Waals surface area contributed by atoms with Crippen LogP contribution in [0.4, 0.5) is 0 Å². The summed E-state index contributed by atoms with van der Waals surface area (Å²) in [5, 5.41) is 10.1. The van der Waals surface area contributed by atoms with Crippen molar-refractivity contribution in [2.75, 3.05) is 13.1 Å². The number of aliphatic hydroxyl groups is 1. The average Bonchev–Trinajstić information content (AvgIpc) is 3.33. The summed E-state index contributed by atoms with van der Waals surface area (Å²) < 4.78 is 3.45. The predicted octanol–water partition coefficient (Wildman–Crippen LogP) is 2.66. The van der Waals surface area contributed by atoms with Crippen LogP contribution in [0.1, 0.15) is 46.7 Å². The van der Waals surface area contributed by atoms with Crippen LogP contribution in [0, 0.1) is 23.2 Å². The van der Waals surface area contributed by atoms with Crippen molar-refractivity contribution in [3.63, 3.8) is 0 Å². The number of pyridine rings is 1. The third-order valence-electron chi connectivity index (χ3n) is 6.53. The Morgan fingerprint density at radius 3 is 2.58 bits per heavy atom. The SMILES string of the molecule is CC(C)C(O)C(=O)N1CC2C=C(c3ccc4c(n3)n(C)c(=O)n4CC(C)(C)C)CC2C1. The van der Waals surface area contributed by atoms with E-state index in [4.69, 9.17) is 4.98 Å². The topological polar surface area (TPSA) is 80.4 Å². The number of amides is 1. The average molecular weight is 427 g/mol. The second-order valence-corrected chi connectivity index (χ2v) is 10.8. The van der Waals surface area contributed by atoms with E-state index in [2.05, 4.69) is 26.8 Å². The van der Waals surface area contributed by atoms with Crippen molar-refractivity contribution >= 4 is 22.6 Å². The Morgan fingerprint density at radius 1 is 1.26 bits per heavy atom. The van der Waals surface area contributed by atoms with E-state index in [-0.39, 0.29) is 22.9 Å². The molecule has 2 aromatic rings. The Kier molecular flexibility index (Phi) is 5.36. The first kappa shape index (κ1) is 21.8. The highest BCUT2D eigenvalue weighted by atomic mass is 16.3. The summed E-state index contributed by atoms with van der Waals surface area (Å²) in [6, 6.07) is 4.02. The summed E-state index contributed by atoms with van der Waals surface area (Å²) in [5.74, 6) is 0.427. The summed E-state index contributed by atoms with van der Waals surface area (Å²) in [5.41, 5.74) is 3.62. The highest BCUT2D eigenvalue weighted by Gasteiger charge is 2.40. The number of nitrogens with zero attached hydrogens (tertiary/aromatic N) is 4. The molecule has 2 aromatic heterocycles. The minimum Gasteiger partial charge on any atom is -0.383 e. The Hall–Kier alpha value is -2.41. The fraction of sp³-hybridized carbons (Fsp3) is 0.625. The van der Waals surface area contributed by atoms with E-state index in [9.17, 15) is 14.7 Å². The lowest BCUT2D eigenvalue weighted by atomic mass is 9.97. The molecule has 7 nitrogen and oxygen atoms in total. The lowest BCUT2D eigenvalue weighted by Gasteiger charge is -2.22. The van der Waals surface area contributed by atoms with Crippen molar-refractivity contribution in [3.8, 4) is 0 Å². The van der Waals surface area contributed by atoms with E-state index in [1.54, 1.807) is 16.5 Å². The number of rotatable bonds is 4. The van der Waals surface area contributed by atoms with Gasteiger partial charge in [-0.25, -0.2) is 9.78 Å². The van der Waals surface area contributed by atoms with Crippen LogP contribution in [-0.4, -0.2) is 49.2 Å². The normalized spacial score (nSPS) is 22.3. The number of hydrogen-bond donors (Lipinski definition) is 1. The summed E-state index contributed by atoms with van der Waals surface area (Å²) in [6.07, 6.45) is 2.17. The number of hydrogen-bond acceptors (Lipinski definition) is 4. The molecule has 3 heterocycles. The molecule has 0 aromatic carbocycles. The number of fused-ring (bicyclic) bond motifs is 2. The molecule has 168 valence electrons. The fourth-order valence-electron chi connectivity index (χ4n) is 4.83. The van der Waals surface area contributed by atoms with Gasteiger partial charge in [0.15, 0.2) is 5.65 Å². The number of carbonyl (C=O) groups excluding carboxylic acids is 1. The third kappa shape index (κ3) is 3.95. The van der Waals surface area contributed by atoms with Crippen LogP contribution >= 0.6 is 0 Å². The molecule has 3 atom stereocenters. The van der Waals surface area contributed by atoms with E-state index in [1.165, 1.54) is 5.57 Å². The second kappa shape index (κ2) is 7.62. The molecule has 31 heavy (non-hydrogen) atoms. The van der Waals surface area contributed by atoms with Gasteiger partial charge in [0.2, 0.25) is 0 Å². The maximum absolute atomic E-state index is 12.8. The van der Waals surface area contributed by atoms with E-state index in [0.29, 0.717) is 37.1 Å². The fourth-order valence-corrected chi connectivity index (χ4v) is 4.83. The Bertz CT molecular complexity index is 1100. The number of aryl methyl sites for hydroxylation is 1. The van der Waals surface area contributed by atoms with E-state index in [1.807, 2.05) is 30.5 Å². The van der Waals surface area contributed by atoms with Gasteiger partial charge in [-0.15, -0.1) is 0 Å². The van der Waals surface area contributed by atoms with Gasteiger partial charge >= 0.3 is 5.69 Å². The molecule has 0 radical (unpaired) electrons. The molecule has 0 bridgehead atoms. The molecule has 0 spiro atoms. The van der Waals surface area contributed by atoms with Gasteiger partial charge in [-0.05, 0) is 47.3 Å². The lowest BCUT2D eigenvalue weighted by Crippen LogP contribution is -2.40. The predicted molar refractivity (Wildman–Crippen MR) is 121 cm³/mol. The van der Waals surface area contributed by atoms with Gasteiger partial charge in [-0.2, -0.15) is 0 Å². The van der Waals surface area contributed by atoms with Crippen LogP contribution in [-0.2, 0) is 18.4 Å². The zero-order valence-corrected chi connectivity index (χ0v) is 19.4. The largest absolute Gasteiger partial charge is 0.383 e. The first-order chi connectivity index (χ1) is 14.5. The van der Waals surface area contributed by atoms with Crippen LogP contribution in [0.15, 0.2) is 23.0 Å². The molecular weight excluding hydrogens is 392 g/mol. The molecular formula is C24H34N4O3. The minimum atomic E-state index is -0.926. The van der Waals surface area contributed by atoms with Crippen molar-refractivity contribution in [2.45, 2.75) is 53.7 Å². The molecule has 1 saturated heterocycles. The van der Waals surface area contributed by atoms with Crippen molar-refractivity contribution in [2.24, 2.45) is 30.2 Å². The number of aromatic nitrogens is 3. The standard InChI is InChI=1S/C24H34N4O3/c1-14(2)20(29)22(30)27-11-16-9-15(10-17(16)12-27)18-7-8-19-21(25-18)26(6)23(31)28(19)13-24(3,4)5/h7-9,14,16-17,20,29H,10-13H2,1-6H3. The first-order valence-electron chi connectivity index (χ1n) is 11.2. The number of aliphatic hydroxyl groups excluding tert-OH is 1. The molecule has 1 aliphatic carbocycles. The summed E-state index contributed by atoms with van der Waals surface area (Å²) in [4.78, 5) is 31.9. The molecule has 7 heteroatoms. The maximum Gasteiger partial charge on any atom is 0.330 e. The van der Waals surface area contributed by atoms with Crippen LogP contribution < -0.4 is 5.69 Å². The van der Waals surface area contributed by atoms with Crippen molar-refractivity contribution in [1.82, 2.24) is 19.0 Å². The van der Waals surface area contributed by atoms with Crippen molar-refractivity contribution < 1.29 is 9.90 Å². The van der Waals surface area contributed by atoms with E-state index < -0.39 is 6.10 Å². The highest BCUT2D eigenvalue weighted by molar-refractivity contribution is 5.82. The van der Waals surface area contributed by atoms with E-state index >= 15 is 0 Å². The quantitative estimate of drug-likeness (QED) is 0.815. The van der Waals surface area contributed by atoms with E-state index in [0.717, 1.165) is 17.6 Å². The minimum absolute atomic E-state index is 0.00530. The van der Waals surface area contributed by atoms with Crippen molar-refractivity contribution in [3.05, 3.63) is 34.4 Å². The third-order valence-corrected chi connectivity index (χ3v) is 6.53. The molecule has 2 aliphatic rings. The van der Waals surface area contributed by atoms with Gasteiger partial charge in [0.25, 0.3) is 5.91 Å².